The first-order valence-electron chi connectivity index (χ1n) is 7.95. The third-order valence-electron chi connectivity index (χ3n) is 3.90. The van der Waals surface area contributed by atoms with Gasteiger partial charge in [0.25, 0.3) is 5.91 Å². The van der Waals surface area contributed by atoms with Crippen LogP contribution in [-0.4, -0.2) is 41.2 Å². The highest BCUT2D eigenvalue weighted by Crippen LogP contribution is 2.24. The highest BCUT2D eigenvalue weighted by molar-refractivity contribution is 6.34. The monoisotopic (exact) mass is 351 g/mol. The second kappa shape index (κ2) is 7.66. The number of carbonyl (C=O) groups is 3. The van der Waals surface area contributed by atoms with Gasteiger partial charge in [0.2, 0.25) is 11.8 Å². The summed E-state index contributed by atoms with van der Waals surface area (Å²) in [4.78, 5) is 37.2. The fourth-order valence-electron chi connectivity index (χ4n) is 2.70. The van der Waals surface area contributed by atoms with Crippen LogP contribution >= 0.6 is 11.6 Å². The van der Waals surface area contributed by atoms with Gasteiger partial charge in [-0.15, -0.1) is 0 Å². The zero-order valence-corrected chi connectivity index (χ0v) is 14.8. The van der Waals surface area contributed by atoms with Gasteiger partial charge in [0.1, 0.15) is 0 Å². The lowest BCUT2D eigenvalue weighted by atomic mass is 10.1. The number of amides is 3. The average Bonchev–Trinajstić information content (AvgIpc) is 2.90. The van der Waals surface area contributed by atoms with E-state index >= 15 is 0 Å². The number of carbonyl (C=O) groups excluding carboxylic acids is 3. The summed E-state index contributed by atoms with van der Waals surface area (Å²) in [6.45, 7) is 5.67. The van der Waals surface area contributed by atoms with E-state index in [2.05, 4.69) is 10.6 Å². The third-order valence-corrected chi connectivity index (χ3v) is 4.23. The Bertz CT molecular complexity index is 660. The lowest BCUT2D eigenvalue weighted by Crippen LogP contribution is -2.45. The van der Waals surface area contributed by atoms with Crippen LogP contribution in [0.4, 0.5) is 5.69 Å². The fourth-order valence-corrected chi connectivity index (χ4v) is 2.90. The second-order valence-corrected chi connectivity index (χ2v) is 6.64. The fraction of sp³-hybridized carbons (Fsp3) is 0.471. The molecule has 1 aromatic carbocycles. The number of anilines is 1. The molecular weight excluding hydrogens is 330 g/mol. The normalized spacial score (nSPS) is 16.9. The van der Waals surface area contributed by atoms with Gasteiger partial charge in [-0.2, -0.15) is 0 Å². The zero-order chi connectivity index (χ0) is 17.9. The van der Waals surface area contributed by atoms with Gasteiger partial charge >= 0.3 is 0 Å². The average molecular weight is 352 g/mol. The van der Waals surface area contributed by atoms with E-state index in [4.69, 9.17) is 11.6 Å². The van der Waals surface area contributed by atoms with Gasteiger partial charge in [0.15, 0.2) is 0 Å². The number of halogens is 1. The first kappa shape index (κ1) is 18.3. The quantitative estimate of drug-likeness (QED) is 0.855. The van der Waals surface area contributed by atoms with E-state index in [9.17, 15) is 14.4 Å². The molecule has 0 aromatic heterocycles. The molecule has 2 rings (SSSR count). The maximum Gasteiger partial charge on any atom is 0.255 e. The van der Waals surface area contributed by atoms with Crippen LogP contribution in [-0.2, 0) is 9.59 Å². The predicted molar refractivity (Wildman–Crippen MR) is 93.1 cm³/mol. The SMILES string of the molecule is CC(=O)Nc1ccc(Cl)c(C(=O)N(CC2CCC(=O)N2)C(C)C)c1. The first-order chi connectivity index (χ1) is 11.3. The number of nitrogens with zero attached hydrogens (tertiary/aromatic N) is 1. The van der Waals surface area contributed by atoms with Crippen LogP contribution in [0.1, 0.15) is 44.0 Å². The molecule has 1 heterocycles. The molecule has 1 unspecified atom stereocenters. The van der Waals surface area contributed by atoms with Gasteiger partial charge in [-0.05, 0) is 38.5 Å². The Morgan fingerprint density at radius 1 is 1.42 bits per heavy atom. The van der Waals surface area contributed by atoms with Crippen LogP contribution in [0.25, 0.3) is 0 Å². The maximum absolute atomic E-state index is 12.9. The summed E-state index contributed by atoms with van der Waals surface area (Å²) in [6.07, 6.45) is 1.21. The zero-order valence-electron chi connectivity index (χ0n) is 14.1. The summed E-state index contributed by atoms with van der Waals surface area (Å²) in [5, 5.41) is 5.85. The van der Waals surface area contributed by atoms with Crippen molar-refractivity contribution in [3.05, 3.63) is 28.8 Å². The lowest BCUT2D eigenvalue weighted by Gasteiger charge is -2.30. The van der Waals surface area contributed by atoms with Crippen LogP contribution in [0.3, 0.4) is 0 Å². The number of benzene rings is 1. The molecule has 0 saturated carbocycles. The Morgan fingerprint density at radius 2 is 2.12 bits per heavy atom. The van der Waals surface area contributed by atoms with E-state index in [0.717, 1.165) is 6.42 Å². The van der Waals surface area contributed by atoms with Crippen LogP contribution < -0.4 is 10.6 Å². The Labute approximate surface area is 146 Å². The molecule has 0 aliphatic carbocycles. The summed E-state index contributed by atoms with van der Waals surface area (Å²) >= 11 is 6.19. The molecule has 1 saturated heterocycles. The van der Waals surface area contributed by atoms with Crippen molar-refractivity contribution in [3.8, 4) is 0 Å². The van der Waals surface area contributed by atoms with Gasteiger partial charge in [-0.3, -0.25) is 14.4 Å². The van der Waals surface area contributed by atoms with Gasteiger partial charge in [0.05, 0.1) is 10.6 Å². The minimum Gasteiger partial charge on any atom is -0.352 e. The summed E-state index contributed by atoms with van der Waals surface area (Å²) in [6, 6.07) is 4.73. The van der Waals surface area contributed by atoms with E-state index in [1.54, 1.807) is 23.1 Å². The van der Waals surface area contributed by atoms with Crippen LogP contribution in [0, 0.1) is 0 Å². The second-order valence-electron chi connectivity index (χ2n) is 6.23. The van der Waals surface area contributed by atoms with Crippen LogP contribution in [0.5, 0.6) is 0 Å². The Kier molecular flexibility index (Phi) is 5.83. The van der Waals surface area contributed by atoms with Gasteiger partial charge in [-0.25, -0.2) is 0 Å². The molecule has 6 nitrogen and oxygen atoms in total. The van der Waals surface area contributed by atoms with Crippen molar-refractivity contribution in [1.82, 2.24) is 10.2 Å². The van der Waals surface area contributed by atoms with Crippen molar-refractivity contribution in [2.24, 2.45) is 0 Å². The van der Waals surface area contributed by atoms with Gasteiger partial charge in [0, 0.05) is 37.7 Å². The number of rotatable bonds is 5. The van der Waals surface area contributed by atoms with E-state index in [0.29, 0.717) is 29.2 Å². The predicted octanol–water partition coefficient (Wildman–Crippen LogP) is 2.43. The van der Waals surface area contributed by atoms with Crippen molar-refractivity contribution in [3.63, 3.8) is 0 Å². The largest absolute Gasteiger partial charge is 0.352 e. The summed E-state index contributed by atoms with van der Waals surface area (Å²) in [7, 11) is 0. The molecule has 1 atom stereocenters. The molecule has 0 bridgehead atoms. The van der Waals surface area contributed by atoms with Gasteiger partial charge in [-0.1, -0.05) is 11.6 Å². The first-order valence-corrected chi connectivity index (χ1v) is 8.33. The molecule has 3 amide bonds. The van der Waals surface area contributed by atoms with Crippen molar-refractivity contribution in [2.45, 2.75) is 45.7 Å². The van der Waals surface area contributed by atoms with Gasteiger partial charge < -0.3 is 15.5 Å². The minimum atomic E-state index is -0.219. The lowest BCUT2D eigenvalue weighted by molar-refractivity contribution is -0.119. The third kappa shape index (κ3) is 4.47. The molecule has 0 spiro atoms. The van der Waals surface area contributed by atoms with E-state index in [1.807, 2.05) is 13.8 Å². The maximum atomic E-state index is 12.9. The Hall–Kier alpha value is -2.08. The molecule has 1 fully saturated rings. The smallest absolute Gasteiger partial charge is 0.255 e. The molecule has 2 N–H and O–H groups in total. The highest BCUT2D eigenvalue weighted by atomic mass is 35.5. The Balaban J connectivity index is 2.22. The van der Waals surface area contributed by atoms with E-state index in [1.165, 1.54) is 6.92 Å². The number of hydrogen-bond donors (Lipinski definition) is 2. The summed E-state index contributed by atoms with van der Waals surface area (Å²) < 4.78 is 0. The van der Waals surface area contributed by atoms with E-state index in [-0.39, 0.29) is 29.8 Å². The van der Waals surface area contributed by atoms with Crippen molar-refractivity contribution < 1.29 is 14.4 Å². The topological polar surface area (TPSA) is 78.5 Å². The molecule has 7 heteroatoms. The van der Waals surface area contributed by atoms with Crippen molar-refractivity contribution in [1.29, 1.82) is 0 Å². The molecule has 24 heavy (non-hydrogen) atoms. The van der Waals surface area contributed by atoms with E-state index < -0.39 is 0 Å². The minimum absolute atomic E-state index is 0.0156. The summed E-state index contributed by atoms with van der Waals surface area (Å²) in [5.74, 6) is -0.421. The van der Waals surface area contributed by atoms with Crippen molar-refractivity contribution in [2.75, 3.05) is 11.9 Å². The standard InChI is InChI=1S/C17H22ClN3O3/c1-10(2)21(9-13-5-7-16(23)20-13)17(24)14-8-12(19-11(3)22)4-6-15(14)18/h4,6,8,10,13H,5,7,9H2,1-3H3,(H,19,22)(H,20,23). The van der Waals surface area contributed by atoms with Crippen LogP contribution in [0.2, 0.25) is 5.02 Å². The summed E-state index contributed by atoms with van der Waals surface area (Å²) in [5.41, 5.74) is 0.856. The Morgan fingerprint density at radius 3 is 2.67 bits per heavy atom. The molecular formula is C17H22ClN3O3. The molecule has 1 aliphatic heterocycles. The molecule has 1 aliphatic rings. The number of nitrogens with one attached hydrogen (secondary N) is 2. The molecule has 0 radical (unpaired) electrons. The molecule has 1 aromatic rings. The van der Waals surface area contributed by atoms with Crippen molar-refractivity contribution >= 4 is 35.0 Å². The van der Waals surface area contributed by atoms with Crippen LogP contribution in [0.15, 0.2) is 18.2 Å². The molecule has 130 valence electrons. The highest BCUT2D eigenvalue weighted by Gasteiger charge is 2.28. The number of hydrogen-bond acceptors (Lipinski definition) is 3.